The number of benzene rings is 1. The molecule has 6 nitrogen and oxygen atoms in total. The predicted octanol–water partition coefficient (Wildman–Crippen LogP) is 5.53. The maximum Gasteiger partial charge on any atom is 0.239 e. The van der Waals surface area contributed by atoms with Crippen molar-refractivity contribution in [1.82, 2.24) is 9.88 Å². The number of pyridine rings is 1. The normalized spacial score (nSPS) is 31.4. The second-order valence-corrected chi connectivity index (χ2v) is 11.4. The molecular weight excluding hydrogens is 480 g/mol. The Labute approximate surface area is 213 Å². The molecule has 1 saturated carbocycles. The highest BCUT2D eigenvalue weighted by molar-refractivity contribution is 8.15. The second-order valence-electron chi connectivity index (χ2n) is 10.1. The Hall–Kier alpha value is -3.25. The van der Waals surface area contributed by atoms with E-state index < -0.39 is 21.9 Å². The zero-order valence-corrected chi connectivity index (χ0v) is 21.1. The maximum absolute atomic E-state index is 15.2. The highest BCUT2D eigenvalue weighted by Gasteiger charge is 2.71. The average Bonchev–Trinajstić information content (AvgIpc) is 3.52. The molecule has 0 spiro atoms. The molecule has 2 fully saturated rings. The molecule has 3 aliphatic rings. The zero-order chi connectivity index (χ0) is 25.8. The van der Waals surface area contributed by atoms with E-state index >= 15 is 4.39 Å². The molecule has 36 heavy (non-hydrogen) atoms. The van der Waals surface area contributed by atoms with Gasteiger partial charge in [-0.15, -0.1) is 0 Å². The van der Waals surface area contributed by atoms with Crippen molar-refractivity contribution in [3.05, 3.63) is 70.6 Å². The first-order valence-electron chi connectivity index (χ1n) is 12.0. The first-order chi connectivity index (χ1) is 17.1. The van der Waals surface area contributed by atoms with Gasteiger partial charge in [0.1, 0.15) is 16.4 Å². The molecule has 1 aromatic carbocycles. The van der Waals surface area contributed by atoms with Crippen molar-refractivity contribution in [1.29, 1.82) is 0 Å². The summed E-state index contributed by atoms with van der Waals surface area (Å²) in [4.78, 5) is 27.5. The average molecular weight is 508 g/mol. The van der Waals surface area contributed by atoms with E-state index in [2.05, 4.69) is 28.7 Å². The van der Waals surface area contributed by atoms with E-state index in [1.807, 2.05) is 11.8 Å². The van der Waals surface area contributed by atoms with Crippen LogP contribution in [0.1, 0.15) is 50.4 Å². The number of hydrogen-bond donors (Lipinski definition) is 1. The van der Waals surface area contributed by atoms with Crippen molar-refractivity contribution in [3.8, 4) is 0 Å². The number of rotatable bonds is 4. The summed E-state index contributed by atoms with van der Waals surface area (Å²) in [5, 5.41) is 0.259. The summed E-state index contributed by atoms with van der Waals surface area (Å²) in [5.74, 6) is -0.829. The van der Waals surface area contributed by atoms with Crippen molar-refractivity contribution in [3.63, 3.8) is 0 Å². The summed E-state index contributed by atoms with van der Waals surface area (Å²) >= 11 is 1.29. The number of halogens is 2. The lowest BCUT2D eigenvalue weighted by atomic mass is 9.84. The van der Waals surface area contributed by atoms with Crippen LogP contribution in [0.5, 0.6) is 0 Å². The van der Waals surface area contributed by atoms with Crippen molar-refractivity contribution in [2.45, 2.75) is 49.9 Å². The van der Waals surface area contributed by atoms with E-state index in [9.17, 15) is 9.18 Å². The largest absolute Gasteiger partial charge is 0.378 e. The fourth-order valence-electron chi connectivity index (χ4n) is 5.51. The van der Waals surface area contributed by atoms with E-state index in [-0.39, 0.29) is 34.3 Å². The van der Waals surface area contributed by atoms with Crippen LogP contribution in [0.2, 0.25) is 0 Å². The fourth-order valence-corrected chi connectivity index (χ4v) is 6.95. The van der Waals surface area contributed by atoms with Gasteiger partial charge in [-0.2, -0.15) is 0 Å². The van der Waals surface area contributed by atoms with Gasteiger partial charge in [-0.25, -0.2) is 13.6 Å². The van der Waals surface area contributed by atoms with Crippen LogP contribution in [0, 0.1) is 24.2 Å². The molecule has 5 rings (SSSR count). The highest BCUT2D eigenvalue weighted by Crippen LogP contribution is 2.66. The SMILES string of the molecule is [C-]#[N+]c1ccc(/C(F)=C/c2ccc(F)c([C@@]3(C)N=C(N)S[C@@]4(C(=O)N5CC[C@@H](C)[C@H]5C)C[C@H]43)c2)nc1. The molecule has 2 aromatic rings. The topological polar surface area (TPSA) is 75.9 Å². The number of nitrogens with zero attached hydrogens (tertiary/aromatic N) is 4. The summed E-state index contributed by atoms with van der Waals surface area (Å²) in [6, 6.07) is 7.41. The Bertz CT molecular complexity index is 1340. The first kappa shape index (κ1) is 24.4. The van der Waals surface area contributed by atoms with Crippen LogP contribution >= 0.6 is 11.8 Å². The van der Waals surface area contributed by atoms with Crippen molar-refractivity contribution in [2.24, 2.45) is 22.6 Å². The predicted molar refractivity (Wildman–Crippen MR) is 138 cm³/mol. The zero-order valence-electron chi connectivity index (χ0n) is 20.3. The molecule has 3 heterocycles. The van der Waals surface area contributed by atoms with E-state index in [1.54, 1.807) is 6.07 Å². The molecule has 1 amide bonds. The molecule has 1 saturated heterocycles. The Kier molecular flexibility index (Phi) is 5.91. The van der Waals surface area contributed by atoms with Gasteiger partial charge >= 0.3 is 0 Å². The van der Waals surface area contributed by atoms with Crippen LogP contribution < -0.4 is 5.73 Å². The third kappa shape index (κ3) is 3.88. The minimum Gasteiger partial charge on any atom is -0.378 e. The molecule has 0 unspecified atom stereocenters. The van der Waals surface area contributed by atoms with E-state index in [1.165, 1.54) is 48.3 Å². The third-order valence-corrected chi connectivity index (χ3v) is 9.22. The molecule has 0 bridgehead atoms. The molecule has 1 aromatic heterocycles. The lowest BCUT2D eigenvalue weighted by Crippen LogP contribution is -2.47. The Morgan fingerprint density at radius 1 is 1.33 bits per heavy atom. The number of carbonyl (C=O) groups is 1. The Balaban J connectivity index is 1.48. The van der Waals surface area contributed by atoms with Crippen molar-refractivity contribution < 1.29 is 13.6 Å². The number of aromatic nitrogens is 1. The molecule has 1 aliphatic carbocycles. The smallest absolute Gasteiger partial charge is 0.239 e. The summed E-state index contributed by atoms with van der Waals surface area (Å²) in [7, 11) is 0. The number of nitrogens with two attached hydrogens (primary N) is 1. The summed E-state index contributed by atoms with van der Waals surface area (Å²) in [6.45, 7) is 13.7. The second kappa shape index (κ2) is 8.70. The van der Waals surface area contributed by atoms with E-state index in [0.29, 0.717) is 30.1 Å². The number of aliphatic imine (C=N–C) groups is 1. The number of amides is 1. The molecule has 2 aliphatic heterocycles. The molecule has 5 atom stereocenters. The van der Waals surface area contributed by atoms with Crippen LogP contribution in [0.25, 0.3) is 16.7 Å². The van der Waals surface area contributed by atoms with Gasteiger partial charge in [-0.1, -0.05) is 30.8 Å². The van der Waals surface area contributed by atoms with E-state index in [4.69, 9.17) is 12.3 Å². The van der Waals surface area contributed by atoms with Crippen LogP contribution in [0.3, 0.4) is 0 Å². The van der Waals surface area contributed by atoms with Gasteiger partial charge in [0, 0.05) is 30.3 Å². The van der Waals surface area contributed by atoms with Crippen LogP contribution in [-0.4, -0.2) is 38.3 Å². The first-order valence-corrected chi connectivity index (χ1v) is 12.8. The summed E-state index contributed by atoms with van der Waals surface area (Å²) in [6.07, 6.45) is 4.09. The van der Waals surface area contributed by atoms with E-state index in [0.717, 1.165) is 6.42 Å². The minimum atomic E-state index is -1.06. The van der Waals surface area contributed by atoms with Crippen LogP contribution in [-0.2, 0) is 10.3 Å². The highest BCUT2D eigenvalue weighted by atomic mass is 32.2. The molecular formula is C27H27F2N5OS. The quantitative estimate of drug-likeness (QED) is 0.552. The molecule has 0 radical (unpaired) electrons. The number of likely N-dealkylation sites (tertiary alicyclic amines) is 1. The number of amidine groups is 1. The van der Waals surface area contributed by atoms with Gasteiger partial charge in [0.25, 0.3) is 0 Å². The monoisotopic (exact) mass is 507 g/mol. The summed E-state index contributed by atoms with van der Waals surface area (Å²) in [5.41, 5.74) is 6.30. The summed E-state index contributed by atoms with van der Waals surface area (Å²) < 4.78 is 29.4. The third-order valence-electron chi connectivity index (χ3n) is 7.93. The van der Waals surface area contributed by atoms with Crippen LogP contribution in [0.15, 0.2) is 41.5 Å². The van der Waals surface area contributed by atoms with Crippen molar-refractivity contribution >= 4 is 40.4 Å². The minimum absolute atomic E-state index is 0.0508. The Morgan fingerprint density at radius 2 is 2.11 bits per heavy atom. The standard InChI is InChI=1S/C27H27F2N5OS/c1-15-9-10-34(16(15)2)24(35)27-13-23(27)26(3,33-25(30)36-27)19-11-17(5-7-20(19)28)12-21(29)22-8-6-18(31-4)14-32-22/h5-8,11-12,14-16,23H,9-10,13H2,1-3H3,(H2,30,33)/b21-12-/t15-,16-,23+,26-,27+/m1/s1. The van der Waals surface area contributed by atoms with Gasteiger partial charge in [0.05, 0.1) is 17.8 Å². The number of carbonyl (C=O) groups excluding carboxylic acids is 1. The van der Waals surface area contributed by atoms with Gasteiger partial charge < -0.3 is 10.6 Å². The number of hydrogen-bond acceptors (Lipinski definition) is 5. The van der Waals surface area contributed by atoms with Crippen molar-refractivity contribution in [2.75, 3.05) is 6.54 Å². The van der Waals surface area contributed by atoms with Crippen LogP contribution in [0.4, 0.5) is 14.5 Å². The lowest BCUT2D eigenvalue weighted by Gasteiger charge is -2.36. The van der Waals surface area contributed by atoms with Gasteiger partial charge in [-0.3, -0.25) is 14.8 Å². The van der Waals surface area contributed by atoms with Gasteiger partial charge in [0.2, 0.25) is 11.6 Å². The molecule has 9 heteroatoms. The number of thioether (sulfide) groups is 1. The Morgan fingerprint density at radius 3 is 2.75 bits per heavy atom. The molecule has 186 valence electrons. The number of fused-ring (bicyclic) bond motifs is 1. The maximum atomic E-state index is 15.2. The molecule has 2 N–H and O–H groups in total. The fraction of sp³-hybridized carbons (Fsp3) is 0.407. The lowest BCUT2D eigenvalue weighted by molar-refractivity contribution is -0.132. The van der Waals surface area contributed by atoms with Gasteiger partial charge in [-0.05, 0) is 62.4 Å². The van der Waals surface area contributed by atoms with Gasteiger partial charge in [0.15, 0.2) is 5.17 Å².